The number of rotatable bonds is 2. The van der Waals surface area contributed by atoms with Gasteiger partial charge in [-0.2, -0.15) is 0 Å². The smallest absolute Gasteiger partial charge is 0.221 e. The van der Waals surface area contributed by atoms with Gasteiger partial charge >= 0.3 is 0 Å². The highest BCUT2D eigenvalue weighted by atomic mass is 16.5. The number of hydrogen-bond donors (Lipinski definition) is 1. The van der Waals surface area contributed by atoms with E-state index in [0.29, 0.717) is 19.6 Å². The molecule has 4 nitrogen and oxygen atoms in total. The van der Waals surface area contributed by atoms with Crippen LogP contribution in [-0.4, -0.2) is 43.7 Å². The molecule has 18 heavy (non-hydrogen) atoms. The molecule has 0 spiro atoms. The fourth-order valence-corrected chi connectivity index (χ4v) is 2.02. The van der Waals surface area contributed by atoms with Crippen LogP contribution >= 0.6 is 0 Å². The molecule has 1 amide bonds. The maximum atomic E-state index is 11.5. The molecule has 1 aliphatic heterocycles. The lowest BCUT2D eigenvalue weighted by Gasteiger charge is -2.23. The predicted molar refractivity (Wildman–Crippen MR) is 70.2 cm³/mol. The summed E-state index contributed by atoms with van der Waals surface area (Å²) in [4.78, 5) is 13.8. The molecule has 1 aromatic rings. The van der Waals surface area contributed by atoms with Crippen LogP contribution in [0.25, 0.3) is 0 Å². The van der Waals surface area contributed by atoms with Crippen LogP contribution in [-0.2, 0) is 16.1 Å². The highest BCUT2D eigenvalue weighted by molar-refractivity contribution is 5.76. The Labute approximate surface area is 108 Å². The average molecular weight is 248 g/mol. The Bertz CT molecular complexity index is 367. The van der Waals surface area contributed by atoms with E-state index in [1.165, 1.54) is 5.56 Å². The molecule has 4 heteroatoms. The monoisotopic (exact) mass is 248 g/mol. The molecule has 1 aromatic carbocycles. The van der Waals surface area contributed by atoms with E-state index in [2.05, 4.69) is 22.3 Å². The van der Waals surface area contributed by atoms with E-state index in [-0.39, 0.29) is 5.91 Å². The molecule has 1 fully saturated rings. The number of nitrogens with one attached hydrogen (secondary N) is 1. The first-order chi connectivity index (χ1) is 8.84. The van der Waals surface area contributed by atoms with Gasteiger partial charge in [0.25, 0.3) is 0 Å². The zero-order valence-electron chi connectivity index (χ0n) is 10.6. The van der Waals surface area contributed by atoms with Crippen LogP contribution in [0.2, 0.25) is 0 Å². The van der Waals surface area contributed by atoms with Crippen molar-refractivity contribution in [3.8, 4) is 0 Å². The maximum absolute atomic E-state index is 11.5. The Morgan fingerprint density at radius 3 is 2.83 bits per heavy atom. The summed E-state index contributed by atoms with van der Waals surface area (Å²) in [6, 6.07) is 10.3. The van der Waals surface area contributed by atoms with Crippen LogP contribution in [0, 0.1) is 0 Å². The standard InChI is InChI=1S/C14H20N2O2/c17-14-6-8-16(9-11-18-10-7-15-14)12-13-4-2-1-3-5-13/h1-5H,6-12H2,(H,15,17). The minimum absolute atomic E-state index is 0.110. The van der Waals surface area contributed by atoms with E-state index < -0.39 is 0 Å². The minimum atomic E-state index is 0.110. The van der Waals surface area contributed by atoms with Crippen LogP contribution in [0.4, 0.5) is 0 Å². The summed E-state index contributed by atoms with van der Waals surface area (Å²) in [7, 11) is 0. The average Bonchev–Trinajstić information content (AvgIpc) is 2.41. The molecule has 2 rings (SSSR count). The van der Waals surface area contributed by atoms with Crippen molar-refractivity contribution in [2.24, 2.45) is 0 Å². The number of hydrogen-bond acceptors (Lipinski definition) is 3. The fraction of sp³-hybridized carbons (Fsp3) is 0.500. The van der Waals surface area contributed by atoms with E-state index in [0.717, 1.165) is 26.2 Å². The number of amides is 1. The molecule has 0 saturated carbocycles. The summed E-state index contributed by atoms with van der Waals surface area (Å²) in [6.45, 7) is 4.48. The lowest BCUT2D eigenvalue weighted by molar-refractivity contribution is -0.122. The van der Waals surface area contributed by atoms with Crippen LogP contribution < -0.4 is 5.32 Å². The molecule has 0 aromatic heterocycles. The van der Waals surface area contributed by atoms with Crippen LogP contribution in [0.5, 0.6) is 0 Å². The second-order valence-electron chi connectivity index (χ2n) is 4.47. The zero-order valence-corrected chi connectivity index (χ0v) is 10.6. The van der Waals surface area contributed by atoms with Gasteiger partial charge in [-0.3, -0.25) is 9.69 Å². The van der Waals surface area contributed by atoms with Gasteiger partial charge in [0.1, 0.15) is 0 Å². The lowest BCUT2D eigenvalue weighted by Crippen LogP contribution is -2.36. The van der Waals surface area contributed by atoms with Crippen molar-refractivity contribution >= 4 is 5.91 Å². The topological polar surface area (TPSA) is 41.6 Å². The van der Waals surface area contributed by atoms with E-state index in [1.807, 2.05) is 18.2 Å². The lowest BCUT2D eigenvalue weighted by atomic mass is 10.2. The summed E-state index contributed by atoms with van der Waals surface area (Å²) in [5, 5.41) is 2.85. The van der Waals surface area contributed by atoms with Crippen molar-refractivity contribution in [3.05, 3.63) is 35.9 Å². The first kappa shape index (κ1) is 13.1. The molecular formula is C14H20N2O2. The van der Waals surface area contributed by atoms with Crippen molar-refractivity contribution in [1.82, 2.24) is 10.2 Å². The summed E-state index contributed by atoms with van der Waals surface area (Å²) in [5.74, 6) is 0.110. The molecule has 0 aliphatic carbocycles. The SMILES string of the molecule is O=C1CCN(Cc2ccccc2)CCOCCN1. The van der Waals surface area contributed by atoms with Crippen molar-refractivity contribution in [2.75, 3.05) is 32.8 Å². The van der Waals surface area contributed by atoms with E-state index in [4.69, 9.17) is 4.74 Å². The molecule has 1 aliphatic rings. The number of nitrogens with zero attached hydrogens (tertiary/aromatic N) is 1. The van der Waals surface area contributed by atoms with E-state index >= 15 is 0 Å². The van der Waals surface area contributed by atoms with Gasteiger partial charge in [0, 0.05) is 32.6 Å². The first-order valence-corrected chi connectivity index (χ1v) is 6.45. The highest BCUT2D eigenvalue weighted by Gasteiger charge is 2.10. The fourth-order valence-electron chi connectivity index (χ4n) is 2.02. The molecule has 98 valence electrons. The summed E-state index contributed by atoms with van der Waals surface area (Å²) < 4.78 is 5.47. The quantitative estimate of drug-likeness (QED) is 0.850. The molecule has 0 unspecified atom stereocenters. The Balaban J connectivity index is 1.89. The first-order valence-electron chi connectivity index (χ1n) is 6.45. The number of carbonyl (C=O) groups is 1. The summed E-state index contributed by atoms with van der Waals surface area (Å²) >= 11 is 0. The second kappa shape index (κ2) is 7.13. The number of benzene rings is 1. The number of ether oxygens (including phenoxy) is 1. The van der Waals surface area contributed by atoms with Crippen LogP contribution in [0.3, 0.4) is 0 Å². The maximum Gasteiger partial charge on any atom is 0.221 e. The van der Waals surface area contributed by atoms with Gasteiger partial charge in [0.05, 0.1) is 13.2 Å². The molecular weight excluding hydrogens is 228 g/mol. The van der Waals surface area contributed by atoms with Gasteiger partial charge in [-0.15, -0.1) is 0 Å². The zero-order chi connectivity index (χ0) is 12.6. The van der Waals surface area contributed by atoms with Gasteiger partial charge in [-0.25, -0.2) is 0 Å². The van der Waals surface area contributed by atoms with E-state index in [9.17, 15) is 4.79 Å². The van der Waals surface area contributed by atoms with E-state index in [1.54, 1.807) is 0 Å². The van der Waals surface area contributed by atoms with Crippen LogP contribution in [0.15, 0.2) is 30.3 Å². The minimum Gasteiger partial charge on any atom is -0.378 e. The third kappa shape index (κ3) is 4.47. The summed E-state index contributed by atoms with van der Waals surface area (Å²) in [5.41, 5.74) is 1.27. The van der Waals surface area contributed by atoms with Crippen LogP contribution in [0.1, 0.15) is 12.0 Å². The third-order valence-electron chi connectivity index (χ3n) is 3.02. The Kier molecular flexibility index (Phi) is 5.17. The molecule has 1 N–H and O–H groups in total. The normalized spacial score (nSPS) is 19.2. The molecule has 0 atom stereocenters. The van der Waals surface area contributed by atoms with Crippen molar-refractivity contribution in [3.63, 3.8) is 0 Å². The Hall–Kier alpha value is -1.39. The number of carbonyl (C=O) groups excluding carboxylic acids is 1. The van der Waals surface area contributed by atoms with Crippen molar-refractivity contribution in [1.29, 1.82) is 0 Å². The predicted octanol–water partition coefficient (Wildman–Crippen LogP) is 1.03. The molecule has 0 radical (unpaired) electrons. The molecule has 0 bridgehead atoms. The molecule has 1 heterocycles. The van der Waals surface area contributed by atoms with Gasteiger partial charge < -0.3 is 10.1 Å². The second-order valence-corrected chi connectivity index (χ2v) is 4.47. The third-order valence-corrected chi connectivity index (χ3v) is 3.02. The highest BCUT2D eigenvalue weighted by Crippen LogP contribution is 2.05. The Morgan fingerprint density at radius 2 is 2.00 bits per heavy atom. The summed E-state index contributed by atoms with van der Waals surface area (Å²) in [6.07, 6.45) is 0.562. The van der Waals surface area contributed by atoms with Gasteiger partial charge in [0.2, 0.25) is 5.91 Å². The molecule has 1 saturated heterocycles. The van der Waals surface area contributed by atoms with Crippen molar-refractivity contribution in [2.45, 2.75) is 13.0 Å². The van der Waals surface area contributed by atoms with Crippen molar-refractivity contribution < 1.29 is 9.53 Å². The van der Waals surface area contributed by atoms with Gasteiger partial charge in [-0.05, 0) is 5.56 Å². The van der Waals surface area contributed by atoms with Gasteiger partial charge in [-0.1, -0.05) is 30.3 Å². The largest absolute Gasteiger partial charge is 0.378 e. The van der Waals surface area contributed by atoms with Gasteiger partial charge in [0.15, 0.2) is 0 Å². The Morgan fingerprint density at radius 1 is 1.17 bits per heavy atom.